The van der Waals surface area contributed by atoms with Gasteiger partial charge in [-0.3, -0.25) is 9.79 Å². The number of carbonyl (C=O) groups excluding carboxylic acids is 2. The highest BCUT2D eigenvalue weighted by Crippen LogP contribution is 2.24. The van der Waals surface area contributed by atoms with Crippen molar-refractivity contribution in [1.82, 2.24) is 15.6 Å². The third-order valence-electron chi connectivity index (χ3n) is 4.05. The fourth-order valence-corrected chi connectivity index (χ4v) is 3.47. The molecule has 8 nitrogen and oxygen atoms in total. The van der Waals surface area contributed by atoms with Gasteiger partial charge in [-0.1, -0.05) is 12.8 Å². The Morgan fingerprint density at radius 1 is 1.25 bits per heavy atom. The second-order valence-corrected chi connectivity index (χ2v) is 7.32. The molecule has 0 radical (unpaired) electrons. The largest absolute Gasteiger partial charge is 0.469 e. The lowest BCUT2D eigenvalue weighted by atomic mass is 10.1. The average molecular weight is 413 g/mol. The van der Waals surface area contributed by atoms with Crippen molar-refractivity contribution in [2.24, 2.45) is 4.99 Å². The van der Waals surface area contributed by atoms with Crippen LogP contribution in [0.15, 0.2) is 4.99 Å². The number of hydrogen-bond acceptors (Lipinski definition) is 7. The standard InChI is InChI=1S/C19H32N4O4S/c1-6-27-18(25)16-13(2)22-17(28-16)14(3)23-19(20-4)21-12-10-8-7-9-11-15(24)26-5/h14H,6-12H2,1-5H3,(H2,20,21,23). The molecule has 0 aliphatic rings. The molecular weight excluding hydrogens is 380 g/mol. The smallest absolute Gasteiger partial charge is 0.350 e. The van der Waals surface area contributed by atoms with Gasteiger partial charge < -0.3 is 20.1 Å². The predicted molar refractivity (Wildman–Crippen MR) is 111 cm³/mol. The van der Waals surface area contributed by atoms with Crippen LogP contribution in [0.25, 0.3) is 0 Å². The van der Waals surface area contributed by atoms with Crippen molar-refractivity contribution in [3.05, 3.63) is 15.6 Å². The summed E-state index contributed by atoms with van der Waals surface area (Å²) in [4.78, 5) is 32.3. The summed E-state index contributed by atoms with van der Waals surface area (Å²) in [7, 11) is 3.13. The molecule has 1 aromatic heterocycles. The monoisotopic (exact) mass is 412 g/mol. The van der Waals surface area contributed by atoms with Gasteiger partial charge in [-0.05, 0) is 33.6 Å². The van der Waals surface area contributed by atoms with E-state index in [9.17, 15) is 9.59 Å². The molecule has 28 heavy (non-hydrogen) atoms. The fourth-order valence-electron chi connectivity index (χ4n) is 2.51. The van der Waals surface area contributed by atoms with E-state index in [4.69, 9.17) is 4.74 Å². The SMILES string of the molecule is CCOC(=O)c1sc(C(C)NC(=NC)NCCCCCCC(=O)OC)nc1C. The normalized spacial score (nSPS) is 12.4. The van der Waals surface area contributed by atoms with E-state index in [1.165, 1.54) is 18.4 Å². The first-order valence-corrected chi connectivity index (χ1v) is 10.4. The van der Waals surface area contributed by atoms with Gasteiger partial charge in [0.25, 0.3) is 0 Å². The Labute approximate surface area is 171 Å². The van der Waals surface area contributed by atoms with Crippen LogP contribution in [0.5, 0.6) is 0 Å². The van der Waals surface area contributed by atoms with Crippen LogP contribution in [0.3, 0.4) is 0 Å². The minimum absolute atomic E-state index is 0.0851. The zero-order chi connectivity index (χ0) is 20.9. The van der Waals surface area contributed by atoms with Gasteiger partial charge in [-0.15, -0.1) is 11.3 Å². The number of hydrogen-bond donors (Lipinski definition) is 2. The Hall–Kier alpha value is -2.16. The molecule has 0 fully saturated rings. The van der Waals surface area contributed by atoms with Crippen LogP contribution in [0.1, 0.15) is 72.4 Å². The highest BCUT2D eigenvalue weighted by Gasteiger charge is 2.20. The Kier molecular flexibility index (Phi) is 11.2. The highest BCUT2D eigenvalue weighted by atomic mass is 32.1. The summed E-state index contributed by atoms with van der Waals surface area (Å²) in [6.07, 6.45) is 4.34. The first kappa shape index (κ1) is 23.9. The summed E-state index contributed by atoms with van der Waals surface area (Å²) in [5, 5.41) is 7.38. The molecule has 0 saturated heterocycles. The van der Waals surface area contributed by atoms with E-state index in [2.05, 4.69) is 25.3 Å². The first-order valence-electron chi connectivity index (χ1n) is 9.61. The van der Waals surface area contributed by atoms with Crippen LogP contribution in [-0.2, 0) is 14.3 Å². The number of thiazole rings is 1. The molecule has 1 aromatic rings. The van der Waals surface area contributed by atoms with Crippen molar-refractivity contribution in [3.8, 4) is 0 Å². The van der Waals surface area contributed by atoms with Crippen LogP contribution >= 0.6 is 11.3 Å². The Balaban J connectivity index is 2.39. The number of nitrogens with one attached hydrogen (secondary N) is 2. The van der Waals surface area contributed by atoms with E-state index in [1.54, 1.807) is 14.0 Å². The molecule has 1 atom stereocenters. The molecule has 0 aliphatic heterocycles. The molecule has 0 aromatic carbocycles. The number of aryl methyl sites for hydroxylation is 1. The summed E-state index contributed by atoms with van der Waals surface area (Å²) in [6, 6.07) is -0.0851. The molecule has 1 heterocycles. The second kappa shape index (κ2) is 13.1. The average Bonchev–Trinajstić information content (AvgIpc) is 3.08. The van der Waals surface area contributed by atoms with Crippen molar-refractivity contribution in [2.75, 3.05) is 27.3 Å². The number of unbranched alkanes of at least 4 members (excludes halogenated alkanes) is 3. The molecule has 0 saturated carbocycles. The van der Waals surface area contributed by atoms with Crippen LogP contribution in [0.4, 0.5) is 0 Å². The number of aromatic nitrogens is 1. The molecule has 0 bridgehead atoms. The number of rotatable bonds is 11. The molecule has 158 valence electrons. The topological polar surface area (TPSA) is 102 Å². The minimum atomic E-state index is -0.328. The lowest BCUT2D eigenvalue weighted by Gasteiger charge is -2.16. The molecule has 0 aliphatic carbocycles. The van der Waals surface area contributed by atoms with Crippen molar-refractivity contribution >= 4 is 29.2 Å². The maximum Gasteiger partial charge on any atom is 0.350 e. The number of guanidine groups is 1. The zero-order valence-corrected chi connectivity index (χ0v) is 18.3. The molecule has 1 rings (SSSR count). The molecule has 0 amide bonds. The fraction of sp³-hybridized carbons (Fsp3) is 0.684. The Morgan fingerprint density at radius 3 is 2.61 bits per heavy atom. The zero-order valence-electron chi connectivity index (χ0n) is 17.5. The van der Waals surface area contributed by atoms with Crippen LogP contribution in [-0.4, -0.2) is 50.2 Å². The highest BCUT2D eigenvalue weighted by molar-refractivity contribution is 7.13. The van der Waals surface area contributed by atoms with E-state index in [0.717, 1.165) is 37.2 Å². The number of carbonyl (C=O) groups is 2. The number of methoxy groups -OCH3 is 1. The van der Waals surface area contributed by atoms with Crippen molar-refractivity contribution < 1.29 is 19.1 Å². The Morgan fingerprint density at radius 2 is 1.96 bits per heavy atom. The van der Waals surface area contributed by atoms with E-state index in [0.29, 0.717) is 29.6 Å². The summed E-state index contributed by atoms with van der Waals surface area (Å²) in [5.74, 6) is 0.207. The number of aliphatic imine (C=N–C) groups is 1. The second-order valence-electron chi connectivity index (χ2n) is 6.29. The van der Waals surface area contributed by atoms with E-state index < -0.39 is 0 Å². The van der Waals surface area contributed by atoms with E-state index >= 15 is 0 Å². The summed E-state index contributed by atoms with van der Waals surface area (Å²) in [5.41, 5.74) is 0.682. The maximum atomic E-state index is 11.9. The van der Waals surface area contributed by atoms with Gasteiger partial charge in [0.1, 0.15) is 9.88 Å². The number of nitrogens with zero attached hydrogens (tertiary/aromatic N) is 2. The first-order chi connectivity index (χ1) is 13.4. The summed E-state index contributed by atoms with van der Waals surface area (Å²) >= 11 is 1.34. The van der Waals surface area contributed by atoms with Crippen LogP contribution in [0, 0.1) is 6.92 Å². The molecule has 1 unspecified atom stereocenters. The summed E-state index contributed by atoms with van der Waals surface area (Å²) in [6.45, 7) is 6.71. The third kappa shape index (κ3) is 8.24. The molecule has 2 N–H and O–H groups in total. The predicted octanol–water partition coefficient (Wildman–Crippen LogP) is 2.98. The van der Waals surface area contributed by atoms with Crippen LogP contribution < -0.4 is 10.6 Å². The van der Waals surface area contributed by atoms with Crippen molar-refractivity contribution in [3.63, 3.8) is 0 Å². The third-order valence-corrected chi connectivity index (χ3v) is 5.37. The van der Waals surface area contributed by atoms with Gasteiger partial charge in [0.15, 0.2) is 5.96 Å². The summed E-state index contributed by atoms with van der Waals surface area (Å²) < 4.78 is 9.69. The number of ether oxygens (including phenoxy) is 2. The van der Waals surface area contributed by atoms with E-state index in [-0.39, 0.29) is 18.0 Å². The molecule has 0 spiro atoms. The van der Waals surface area contributed by atoms with Gasteiger partial charge in [0.05, 0.1) is 25.5 Å². The van der Waals surface area contributed by atoms with Crippen molar-refractivity contribution in [1.29, 1.82) is 0 Å². The molecular formula is C19H32N4O4S. The van der Waals surface area contributed by atoms with Gasteiger partial charge >= 0.3 is 11.9 Å². The van der Waals surface area contributed by atoms with Gasteiger partial charge in [-0.2, -0.15) is 0 Å². The lowest BCUT2D eigenvalue weighted by molar-refractivity contribution is -0.140. The minimum Gasteiger partial charge on any atom is -0.469 e. The maximum absolute atomic E-state index is 11.9. The lowest BCUT2D eigenvalue weighted by Crippen LogP contribution is -2.39. The van der Waals surface area contributed by atoms with Crippen molar-refractivity contribution in [2.45, 2.75) is 58.9 Å². The van der Waals surface area contributed by atoms with Gasteiger partial charge in [0, 0.05) is 20.0 Å². The van der Waals surface area contributed by atoms with Gasteiger partial charge in [-0.25, -0.2) is 9.78 Å². The van der Waals surface area contributed by atoms with Crippen LogP contribution in [0.2, 0.25) is 0 Å². The van der Waals surface area contributed by atoms with Gasteiger partial charge in [0.2, 0.25) is 0 Å². The van der Waals surface area contributed by atoms with E-state index in [1.807, 2.05) is 13.8 Å². The molecule has 9 heteroatoms. The quantitative estimate of drug-likeness (QED) is 0.249. The number of esters is 2. The Bertz CT molecular complexity index is 660.